The number of aromatic nitrogens is 2. The molecule has 1 heterocycles. The molecule has 0 unspecified atom stereocenters. The van der Waals surface area contributed by atoms with E-state index < -0.39 is 0 Å². The molecule has 0 atom stereocenters. The molecular weight excluding hydrogens is 222 g/mol. The van der Waals surface area contributed by atoms with E-state index in [-0.39, 0.29) is 0 Å². The smallest absolute Gasteiger partial charge is 0.113 e. The predicted octanol–water partition coefficient (Wildman–Crippen LogP) is 2.60. The van der Waals surface area contributed by atoms with E-state index in [9.17, 15) is 0 Å². The largest absolute Gasteiger partial charge is 0.335 e. The lowest BCUT2D eigenvalue weighted by Gasteiger charge is -2.06. The molecule has 2 rings (SSSR count). The van der Waals surface area contributed by atoms with Gasteiger partial charge in [-0.25, -0.2) is 4.98 Å². The average molecular weight is 243 g/mol. The Kier molecular flexibility index (Phi) is 4.53. The summed E-state index contributed by atoms with van der Waals surface area (Å²) in [7, 11) is 0. The Morgan fingerprint density at radius 2 is 1.83 bits per heavy atom. The molecule has 18 heavy (non-hydrogen) atoms. The van der Waals surface area contributed by atoms with E-state index >= 15 is 0 Å². The number of hydrogen-bond donors (Lipinski definition) is 1. The van der Waals surface area contributed by atoms with Crippen LogP contribution in [0, 0.1) is 0 Å². The van der Waals surface area contributed by atoms with Crippen molar-refractivity contribution < 1.29 is 0 Å². The molecule has 0 aliphatic heterocycles. The van der Waals surface area contributed by atoms with Gasteiger partial charge in [0.2, 0.25) is 0 Å². The minimum Gasteiger partial charge on any atom is -0.335 e. The minimum absolute atomic E-state index is 0.905. The van der Waals surface area contributed by atoms with Crippen LogP contribution in [0.15, 0.2) is 36.7 Å². The lowest BCUT2D eigenvalue weighted by Crippen LogP contribution is -2.11. The van der Waals surface area contributed by atoms with E-state index in [0.29, 0.717) is 0 Å². The molecule has 0 saturated carbocycles. The van der Waals surface area contributed by atoms with Crippen LogP contribution in [0.2, 0.25) is 0 Å². The van der Waals surface area contributed by atoms with Crippen molar-refractivity contribution in [2.75, 3.05) is 6.54 Å². The first-order valence-electron chi connectivity index (χ1n) is 6.62. The van der Waals surface area contributed by atoms with E-state index in [0.717, 1.165) is 31.9 Å². The fourth-order valence-corrected chi connectivity index (χ4v) is 2.02. The summed E-state index contributed by atoms with van der Waals surface area (Å²) in [6.07, 6.45) is 4.82. The summed E-state index contributed by atoms with van der Waals surface area (Å²) in [4.78, 5) is 4.40. The SMILES string of the molecule is CCNCc1ccc(Cc2nccn2CC)cc1. The zero-order valence-corrected chi connectivity index (χ0v) is 11.2. The van der Waals surface area contributed by atoms with Crippen molar-refractivity contribution >= 4 is 0 Å². The molecule has 96 valence electrons. The molecule has 2 aromatic rings. The quantitative estimate of drug-likeness (QED) is 0.845. The highest BCUT2D eigenvalue weighted by Gasteiger charge is 2.02. The van der Waals surface area contributed by atoms with Crippen molar-refractivity contribution in [3.63, 3.8) is 0 Å². The van der Waals surface area contributed by atoms with Crippen molar-refractivity contribution in [3.8, 4) is 0 Å². The third-order valence-corrected chi connectivity index (χ3v) is 3.11. The van der Waals surface area contributed by atoms with Crippen LogP contribution in [-0.2, 0) is 19.5 Å². The van der Waals surface area contributed by atoms with Gasteiger partial charge in [0.25, 0.3) is 0 Å². The van der Waals surface area contributed by atoms with E-state index in [4.69, 9.17) is 0 Å². The first-order valence-corrected chi connectivity index (χ1v) is 6.62. The zero-order chi connectivity index (χ0) is 12.8. The maximum absolute atomic E-state index is 4.40. The van der Waals surface area contributed by atoms with Gasteiger partial charge >= 0.3 is 0 Å². The third kappa shape index (κ3) is 3.20. The second-order valence-corrected chi connectivity index (χ2v) is 4.40. The van der Waals surface area contributed by atoms with Crippen LogP contribution in [0.4, 0.5) is 0 Å². The van der Waals surface area contributed by atoms with E-state index in [2.05, 4.69) is 53.0 Å². The standard InChI is InChI=1S/C15H21N3/c1-3-16-12-14-7-5-13(6-8-14)11-15-17-9-10-18(15)4-2/h5-10,16H,3-4,11-12H2,1-2H3. The number of imidazole rings is 1. The van der Waals surface area contributed by atoms with Crippen LogP contribution in [0.25, 0.3) is 0 Å². The van der Waals surface area contributed by atoms with Crippen molar-refractivity contribution in [2.45, 2.75) is 33.4 Å². The lowest BCUT2D eigenvalue weighted by molar-refractivity contribution is 0.711. The Morgan fingerprint density at radius 3 is 2.50 bits per heavy atom. The summed E-state index contributed by atoms with van der Waals surface area (Å²) < 4.78 is 2.19. The zero-order valence-electron chi connectivity index (χ0n) is 11.2. The maximum atomic E-state index is 4.40. The number of aryl methyl sites for hydroxylation is 1. The van der Waals surface area contributed by atoms with E-state index in [1.54, 1.807) is 0 Å². The van der Waals surface area contributed by atoms with Gasteiger partial charge in [-0.1, -0.05) is 31.2 Å². The Balaban J connectivity index is 2.02. The Hall–Kier alpha value is -1.61. The summed E-state index contributed by atoms with van der Waals surface area (Å²) in [6.45, 7) is 7.20. The fourth-order valence-electron chi connectivity index (χ4n) is 2.02. The molecule has 1 aromatic heterocycles. The number of nitrogens with one attached hydrogen (secondary N) is 1. The average Bonchev–Trinajstić information content (AvgIpc) is 2.85. The van der Waals surface area contributed by atoms with Crippen molar-refractivity contribution in [1.82, 2.24) is 14.9 Å². The topological polar surface area (TPSA) is 29.9 Å². The first kappa shape index (κ1) is 12.8. The fraction of sp³-hybridized carbons (Fsp3) is 0.400. The van der Waals surface area contributed by atoms with Gasteiger partial charge in [-0.3, -0.25) is 0 Å². The van der Waals surface area contributed by atoms with Gasteiger partial charge in [0, 0.05) is 31.9 Å². The second-order valence-electron chi connectivity index (χ2n) is 4.40. The molecule has 0 spiro atoms. The van der Waals surface area contributed by atoms with Crippen LogP contribution in [0.5, 0.6) is 0 Å². The van der Waals surface area contributed by atoms with E-state index in [1.165, 1.54) is 11.1 Å². The molecule has 0 saturated heterocycles. The van der Waals surface area contributed by atoms with Crippen molar-refractivity contribution in [2.24, 2.45) is 0 Å². The molecular formula is C15H21N3. The molecule has 0 aliphatic carbocycles. The second kappa shape index (κ2) is 6.36. The first-order chi connectivity index (χ1) is 8.83. The molecule has 0 aliphatic rings. The van der Waals surface area contributed by atoms with Gasteiger partial charge in [-0.2, -0.15) is 0 Å². The van der Waals surface area contributed by atoms with Crippen LogP contribution in [-0.4, -0.2) is 16.1 Å². The van der Waals surface area contributed by atoms with Gasteiger partial charge in [-0.05, 0) is 24.6 Å². The molecule has 0 bridgehead atoms. The van der Waals surface area contributed by atoms with Gasteiger partial charge in [0.05, 0.1) is 0 Å². The molecule has 0 radical (unpaired) electrons. The third-order valence-electron chi connectivity index (χ3n) is 3.11. The lowest BCUT2D eigenvalue weighted by atomic mass is 10.1. The van der Waals surface area contributed by atoms with Gasteiger partial charge in [0.15, 0.2) is 0 Å². The number of rotatable bonds is 6. The van der Waals surface area contributed by atoms with Crippen LogP contribution < -0.4 is 5.32 Å². The molecule has 1 aromatic carbocycles. The number of benzene rings is 1. The molecule has 3 nitrogen and oxygen atoms in total. The summed E-state index contributed by atoms with van der Waals surface area (Å²) in [5.74, 6) is 1.14. The van der Waals surface area contributed by atoms with Gasteiger partial charge in [0.1, 0.15) is 5.82 Å². The monoisotopic (exact) mass is 243 g/mol. The summed E-state index contributed by atoms with van der Waals surface area (Å²) in [6, 6.07) is 8.77. The summed E-state index contributed by atoms with van der Waals surface area (Å²) >= 11 is 0. The molecule has 3 heteroatoms. The predicted molar refractivity (Wildman–Crippen MR) is 74.5 cm³/mol. The van der Waals surface area contributed by atoms with Crippen molar-refractivity contribution in [1.29, 1.82) is 0 Å². The highest BCUT2D eigenvalue weighted by atomic mass is 15.0. The highest BCUT2D eigenvalue weighted by Crippen LogP contribution is 2.10. The van der Waals surface area contributed by atoms with E-state index in [1.807, 2.05) is 12.4 Å². The Labute approximate surface area is 109 Å². The van der Waals surface area contributed by atoms with Crippen LogP contribution >= 0.6 is 0 Å². The minimum atomic E-state index is 0.905. The van der Waals surface area contributed by atoms with Gasteiger partial charge in [-0.15, -0.1) is 0 Å². The van der Waals surface area contributed by atoms with Crippen molar-refractivity contribution in [3.05, 3.63) is 53.6 Å². The normalized spacial score (nSPS) is 10.8. The highest BCUT2D eigenvalue weighted by molar-refractivity contribution is 5.25. The molecule has 1 N–H and O–H groups in total. The Bertz CT molecular complexity index is 471. The number of nitrogens with zero attached hydrogens (tertiary/aromatic N) is 2. The molecule has 0 amide bonds. The maximum Gasteiger partial charge on any atom is 0.113 e. The Morgan fingerprint density at radius 1 is 1.11 bits per heavy atom. The van der Waals surface area contributed by atoms with Crippen LogP contribution in [0.1, 0.15) is 30.8 Å². The van der Waals surface area contributed by atoms with Crippen LogP contribution in [0.3, 0.4) is 0 Å². The summed E-state index contributed by atoms with van der Waals surface area (Å²) in [5, 5.41) is 3.33. The van der Waals surface area contributed by atoms with Gasteiger partial charge < -0.3 is 9.88 Å². The summed E-state index contributed by atoms with van der Waals surface area (Å²) in [5.41, 5.74) is 2.65. The molecule has 0 fully saturated rings. The number of hydrogen-bond acceptors (Lipinski definition) is 2.